The summed E-state index contributed by atoms with van der Waals surface area (Å²) in [6.45, 7) is 9.54. The molecule has 0 aromatic heterocycles. The van der Waals surface area contributed by atoms with E-state index >= 15 is 0 Å². The van der Waals surface area contributed by atoms with Crippen LogP contribution in [-0.2, 0) is 0 Å². The molecule has 1 aliphatic heterocycles. The van der Waals surface area contributed by atoms with Gasteiger partial charge in [0.25, 0.3) is 0 Å². The van der Waals surface area contributed by atoms with Crippen LogP contribution in [0.2, 0.25) is 0 Å². The molecule has 0 saturated carbocycles. The molecule has 0 aromatic carbocycles. The molecule has 0 radical (unpaired) electrons. The van der Waals surface area contributed by atoms with Gasteiger partial charge in [-0.2, -0.15) is 0 Å². The summed E-state index contributed by atoms with van der Waals surface area (Å²) in [6.07, 6.45) is 3.19. The van der Waals surface area contributed by atoms with E-state index in [1.807, 2.05) is 6.21 Å². The van der Waals surface area contributed by atoms with Crippen LogP contribution in [0.1, 0.15) is 34.1 Å². The van der Waals surface area contributed by atoms with Crippen molar-refractivity contribution < 1.29 is 0 Å². The van der Waals surface area contributed by atoms with Crippen LogP contribution in [0, 0.1) is 11.3 Å². The molecule has 0 N–H and O–H groups in total. The lowest BCUT2D eigenvalue weighted by molar-refractivity contribution is 0.569. The fourth-order valence-electron chi connectivity index (χ4n) is 1.13. The van der Waals surface area contributed by atoms with Crippen LogP contribution in [0.3, 0.4) is 0 Å². The Bertz CT molecular complexity index is 208. The SMILES string of the molecule is CCC1C=NC(C(C)(C)C)=NC1. The van der Waals surface area contributed by atoms with Crippen LogP contribution >= 0.6 is 0 Å². The zero-order valence-corrected chi connectivity index (χ0v) is 8.46. The zero-order chi connectivity index (χ0) is 9.19. The average Bonchev–Trinajstić information content (AvgIpc) is 2.03. The molecule has 1 aliphatic rings. The van der Waals surface area contributed by atoms with Crippen LogP contribution < -0.4 is 0 Å². The first-order chi connectivity index (χ1) is 5.54. The first kappa shape index (κ1) is 9.43. The lowest BCUT2D eigenvalue weighted by Crippen LogP contribution is -2.24. The molecule has 1 unspecified atom stereocenters. The third-order valence-corrected chi connectivity index (χ3v) is 2.08. The van der Waals surface area contributed by atoms with E-state index in [2.05, 4.69) is 37.7 Å². The molecule has 1 atom stereocenters. The summed E-state index contributed by atoms with van der Waals surface area (Å²) in [4.78, 5) is 8.85. The van der Waals surface area contributed by atoms with Crippen molar-refractivity contribution in [2.45, 2.75) is 34.1 Å². The van der Waals surface area contributed by atoms with Gasteiger partial charge in [-0.25, -0.2) is 4.99 Å². The van der Waals surface area contributed by atoms with Crippen LogP contribution in [0.4, 0.5) is 0 Å². The van der Waals surface area contributed by atoms with E-state index in [0.717, 1.165) is 18.8 Å². The molecule has 0 saturated heterocycles. The number of hydrogen-bond donors (Lipinski definition) is 0. The second-order valence-electron chi connectivity index (χ2n) is 4.36. The first-order valence-corrected chi connectivity index (χ1v) is 4.63. The smallest absolute Gasteiger partial charge is 0.128 e. The van der Waals surface area contributed by atoms with E-state index in [0.29, 0.717) is 5.92 Å². The third kappa shape index (κ3) is 2.16. The predicted molar refractivity (Wildman–Crippen MR) is 54.0 cm³/mol. The average molecular weight is 166 g/mol. The van der Waals surface area contributed by atoms with Crippen LogP contribution in [0.5, 0.6) is 0 Å². The van der Waals surface area contributed by atoms with E-state index in [9.17, 15) is 0 Å². The highest BCUT2D eigenvalue weighted by Crippen LogP contribution is 2.20. The van der Waals surface area contributed by atoms with Crippen molar-refractivity contribution in [3.63, 3.8) is 0 Å². The highest BCUT2D eigenvalue weighted by Gasteiger charge is 2.20. The van der Waals surface area contributed by atoms with Gasteiger partial charge in [-0.3, -0.25) is 4.99 Å². The Kier molecular flexibility index (Phi) is 2.65. The van der Waals surface area contributed by atoms with Crippen molar-refractivity contribution in [3.8, 4) is 0 Å². The Morgan fingerprint density at radius 2 is 2.17 bits per heavy atom. The normalized spacial score (nSPS) is 24.0. The van der Waals surface area contributed by atoms with E-state index in [1.54, 1.807) is 0 Å². The Morgan fingerprint density at radius 1 is 1.50 bits per heavy atom. The largest absolute Gasteiger partial charge is 0.269 e. The van der Waals surface area contributed by atoms with E-state index in [-0.39, 0.29) is 5.41 Å². The highest BCUT2D eigenvalue weighted by molar-refractivity contribution is 5.95. The lowest BCUT2D eigenvalue weighted by atomic mass is 9.94. The molecular weight excluding hydrogens is 148 g/mol. The summed E-state index contributed by atoms with van der Waals surface area (Å²) in [5.74, 6) is 1.56. The van der Waals surface area contributed by atoms with Gasteiger partial charge in [-0.1, -0.05) is 27.7 Å². The Balaban J connectivity index is 2.64. The van der Waals surface area contributed by atoms with Gasteiger partial charge in [-0.05, 0) is 6.42 Å². The summed E-state index contributed by atoms with van der Waals surface area (Å²) in [5.41, 5.74) is 0.106. The number of hydrogen-bond acceptors (Lipinski definition) is 2. The molecule has 12 heavy (non-hydrogen) atoms. The molecule has 0 amide bonds. The highest BCUT2D eigenvalue weighted by atomic mass is 15.0. The van der Waals surface area contributed by atoms with Crippen molar-refractivity contribution in [1.82, 2.24) is 0 Å². The molecular formula is C10H18N2. The molecule has 0 spiro atoms. The van der Waals surface area contributed by atoms with E-state index < -0.39 is 0 Å². The molecule has 0 aromatic rings. The van der Waals surface area contributed by atoms with Crippen LogP contribution in [-0.4, -0.2) is 18.6 Å². The predicted octanol–water partition coefficient (Wildman–Crippen LogP) is 2.54. The maximum absolute atomic E-state index is 4.47. The van der Waals surface area contributed by atoms with Crippen molar-refractivity contribution in [2.24, 2.45) is 21.3 Å². The van der Waals surface area contributed by atoms with Crippen LogP contribution in [0.15, 0.2) is 9.98 Å². The Morgan fingerprint density at radius 3 is 2.50 bits per heavy atom. The van der Waals surface area contributed by atoms with Gasteiger partial charge in [0.05, 0.1) is 0 Å². The summed E-state index contributed by atoms with van der Waals surface area (Å²) < 4.78 is 0. The van der Waals surface area contributed by atoms with E-state index in [4.69, 9.17) is 0 Å². The summed E-state index contributed by atoms with van der Waals surface area (Å²) in [5, 5.41) is 0. The number of amidine groups is 1. The standard InChI is InChI=1S/C10H18N2/c1-5-8-6-11-9(12-7-8)10(2,3)4/h6,8H,5,7H2,1-4H3. The van der Waals surface area contributed by atoms with Gasteiger partial charge in [0.2, 0.25) is 0 Å². The van der Waals surface area contributed by atoms with Gasteiger partial charge < -0.3 is 0 Å². The Hall–Kier alpha value is -0.660. The number of aliphatic imine (C=N–C) groups is 2. The number of nitrogens with zero attached hydrogens (tertiary/aromatic N) is 2. The van der Waals surface area contributed by atoms with Gasteiger partial charge >= 0.3 is 0 Å². The summed E-state index contributed by atoms with van der Waals surface area (Å²) in [6, 6.07) is 0. The van der Waals surface area contributed by atoms with Crippen molar-refractivity contribution in [2.75, 3.05) is 6.54 Å². The van der Waals surface area contributed by atoms with Crippen molar-refractivity contribution >= 4 is 12.1 Å². The monoisotopic (exact) mass is 166 g/mol. The summed E-state index contributed by atoms with van der Waals surface area (Å²) >= 11 is 0. The Labute approximate surface area is 74.8 Å². The molecule has 1 rings (SSSR count). The zero-order valence-electron chi connectivity index (χ0n) is 8.46. The maximum atomic E-state index is 4.47. The molecule has 0 fully saturated rings. The number of rotatable bonds is 1. The van der Waals surface area contributed by atoms with Crippen molar-refractivity contribution in [3.05, 3.63) is 0 Å². The van der Waals surface area contributed by atoms with Gasteiger partial charge in [0.15, 0.2) is 0 Å². The van der Waals surface area contributed by atoms with Crippen LogP contribution in [0.25, 0.3) is 0 Å². The van der Waals surface area contributed by atoms with Gasteiger partial charge in [-0.15, -0.1) is 0 Å². The fraction of sp³-hybridized carbons (Fsp3) is 0.800. The second kappa shape index (κ2) is 3.38. The first-order valence-electron chi connectivity index (χ1n) is 4.63. The maximum Gasteiger partial charge on any atom is 0.128 e. The molecule has 68 valence electrons. The van der Waals surface area contributed by atoms with E-state index in [1.165, 1.54) is 0 Å². The third-order valence-electron chi connectivity index (χ3n) is 2.08. The topological polar surface area (TPSA) is 24.7 Å². The minimum Gasteiger partial charge on any atom is -0.269 e. The molecule has 0 bridgehead atoms. The summed E-state index contributed by atoms with van der Waals surface area (Å²) in [7, 11) is 0. The minimum absolute atomic E-state index is 0.106. The molecule has 2 heteroatoms. The second-order valence-corrected chi connectivity index (χ2v) is 4.36. The van der Waals surface area contributed by atoms with Gasteiger partial charge in [0.1, 0.15) is 5.84 Å². The van der Waals surface area contributed by atoms with Gasteiger partial charge in [0, 0.05) is 24.1 Å². The molecule has 2 nitrogen and oxygen atoms in total. The lowest BCUT2D eigenvalue weighted by Gasteiger charge is -2.22. The quantitative estimate of drug-likeness (QED) is 0.572. The minimum atomic E-state index is 0.106. The molecule has 1 heterocycles. The molecule has 0 aliphatic carbocycles. The van der Waals surface area contributed by atoms with Crippen molar-refractivity contribution in [1.29, 1.82) is 0 Å². The fourth-order valence-corrected chi connectivity index (χ4v) is 1.13.